The van der Waals surface area contributed by atoms with Gasteiger partial charge in [-0.1, -0.05) is 6.08 Å². The van der Waals surface area contributed by atoms with Gasteiger partial charge in [0, 0.05) is 43.4 Å². The normalized spacial score (nSPS) is 19.0. The number of likely N-dealkylation sites (tertiary alicyclic amines) is 1. The van der Waals surface area contributed by atoms with E-state index in [2.05, 4.69) is 50.6 Å². The Kier molecular flexibility index (Phi) is 5.30. The van der Waals surface area contributed by atoms with Crippen LogP contribution in [0, 0.1) is 12.8 Å². The smallest absolute Gasteiger partial charge is 0.223 e. The summed E-state index contributed by atoms with van der Waals surface area (Å²) in [6.07, 6.45) is 4.61. The van der Waals surface area contributed by atoms with Gasteiger partial charge in [-0.3, -0.25) is 9.48 Å². The standard InChI is InChI=1S/C18H30N4O/c1-7-8-21-13-16(14(2)19-21)12-20(6)10-15-9-17(23)22(11-15)18(3,4)5/h7,13,15H,1,8-12H2,2-6H3/t15-/m0/s1. The molecule has 0 saturated carbocycles. The molecule has 0 unspecified atom stereocenters. The molecule has 0 aromatic carbocycles. The van der Waals surface area contributed by atoms with Crippen molar-refractivity contribution in [2.45, 2.75) is 52.7 Å². The first-order valence-corrected chi connectivity index (χ1v) is 8.33. The molecule has 0 bridgehead atoms. The van der Waals surface area contributed by atoms with E-state index in [4.69, 9.17) is 0 Å². The lowest BCUT2D eigenvalue weighted by Gasteiger charge is -2.32. The molecule has 5 nitrogen and oxygen atoms in total. The molecule has 0 radical (unpaired) electrons. The van der Waals surface area contributed by atoms with Crippen LogP contribution in [-0.4, -0.2) is 51.2 Å². The Bertz CT molecular complexity index is 570. The van der Waals surface area contributed by atoms with Gasteiger partial charge in [0.05, 0.1) is 12.2 Å². The Labute approximate surface area is 139 Å². The number of aryl methyl sites for hydroxylation is 1. The average molecular weight is 318 g/mol. The number of amides is 1. The van der Waals surface area contributed by atoms with Gasteiger partial charge < -0.3 is 9.80 Å². The van der Waals surface area contributed by atoms with Crippen molar-refractivity contribution in [2.75, 3.05) is 20.1 Å². The molecule has 2 heterocycles. The Morgan fingerprint density at radius 2 is 2.17 bits per heavy atom. The summed E-state index contributed by atoms with van der Waals surface area (Å²) < 4.78 is 1.92. The molecule has 1 amide bonds. The van der Waals surface area contributed by atoms with Crippen LogP contribution in [0.5, 0.6) is 0 Å². The number of carbonyl (C=O) groups excluding carboxylic acids is 1. The van der Waals surface area contributed by atoms with Gasteiger partial charge in [-0.2, -0.15) is 5.10 Å². The Balaban J connectivity index is 1.92. The van der Waals surface area contributed by atoms with Gasteiger partial charge in [0.15, 0.2) is 0 Å². The highest BCUT2D eigenvalue weighted by Gasteiger charge is 2.36. The molecule has 0 spiro atoms. The molecular weight excluding hydrogens is 288 g/mol. The predicted molar refractivity (Wildman–Crippen MR) is 93.1 cm³/mol. The number of nitrogens with zero attached hydrogens (tertiary/aromatic N) is 4. The van der Waals surface area contributed by atoms with E-state index in [1.54, 1.807) is 0 Å². The fourth-order valence-corrected chi connectivity index (χ4v) is 3.29. The van der Waals surface area contributed by atoms with Crippen molar-refractivity contribution in [3.8, 4) is 0 Å². The Hall–Kier alpha value is -1.62. The molecule has 0 N–H and O–H groups in total. The van der Waals surface area contributed by atoms with E-state index in [1.165, 1.54) is 5.56 Å². The van der Waals surface area contributed by atoms with Gasteiger partial charge in [0.1, 0.15) is 0 Å². The highest BCUT2D eigenvalue weighted by Crippen LogP contribution is 2.26. The summed E-state index contributed by atoms with van der Waals surface area (Å²) in [6.45, 7) is 15.5. The number of carbonyl (C=O) groups is 1. The first-order valence-electron chi connectivity index (χ1n) is 8.33. The van der Waals surface area contributed by atoms with Crippen LogP contribution in [0.15, 0.2) is 18.9 Å². The third kappa shape index (κ3) is 4.44. The van der Waals surface area contributed by atoms with Crippen molar-refractivity contribution in [1.82, 2.24) is 19.6 Å². The van der Waals surface area contributed by atoms with E-state index in [1.807, 2.05) is 22.6 Å². The molecule has 1 fully saturated rings. The Morgan fingerprint density at radius 3 is 2.74 bits per heavy atom. The van der Waals surface area contributed by atoms with Crippen molar-refractivity contribution >= 4 is 5.91 Å². The summed E-state index contributed by atoms with van der Waals surface area (Å²) in [5.41, 5.74) is 2.23. The van der Waals surface area contributed by atoms with Crippen molar-refractivity contribution in [3.63, 3.8) is 0 Å². The van der Waals surface area contributed by atoms with Crippen molar-refractivity contribution < 1.29 is 4.79 Å². The summed E-state index contributed by atoms with van der Waals surface area (Å²) in [5.74, 6) is 0.695. The third-order valence-electron chi connectivity index (χ3n) is 4.39. The summed E-state index contributed by atoms with van der Waals surface area (Å²) in [6, 6.07) is 0. The van der Waals surface area contributed by atoms with Crippen LogP contribution in [0.25, 0.3) is 0 Å². The van der Waals surface area contributed by atoms with Crippen LogP contribution in [0.2, 0.25) is 0 Å². The lowest BCUT2D eigenvalue weighted by molar-refractivity contribution is -0.131. The van der Waals surface area contributed by atoms with E-state index >= 15 is 0 Å². The SMILES string of the molecule is C=CCn1cc(CN(C)C[C@@H]2CC(=O)N(C(C)(C)C)C2)c(C)n1. The molecule has 1 atom stereocenters. The number of allylic oxidation sites excluding steroid dienone is 1. The first-order chi connectivity index (χ1) is 10.7. The molecule has 2 rings (SSSR count). The molecule has 1 saturated heterocycles. The average Bonchev–Trinajstić information content (AvgIpc) is 2.93. The second-order valence-corrected chi connectivity index (χ2v) is 7.69. The second-order valence-electron chi connectivity index (χ2n) is 7.69. The minimum absolute atomic E-state index is 0.0766. The van der Waals surface area contributed by atoms with E-state index in [-0.39, 0.29) is 11.4 Å². The van der Waals surface area contributed by atoms with Gasteiger partial charge in [-0.15, -0.1) is 6.58 Å². The van der Waals surface area contributed by atoms with Crippen molar-refractivity contribution in [1.29, 1.82) is 0 Å². The number of aromatic nitrogens is 2. The monoisotopic (exact) mass is 318 g/mol. The van der Waals surface area contributed by atoms with Crippen LogP contribution in [0.1, 0.15) is 38.4 Å². The topological polar surface area (TPSA) is 41.4 Å². The zero-order chi connectivity index (χ0) is 17.2. The van der Waals surface area contributed by atoms with Crippen molar-refractivity contribution in [2.24, 2.45) is 5.92 Å². The number of hydrogen-bond donors (Lipinski definition) is 0. The number of hydrogen-bond acceptors (Lipinski definition) is 3. The molecule has 1 aliphatic heterocycles. The largest absolute Gasteiger partial charge is 0.338 e. The maximum absolute atomic E-state index is 12.2. The maximum Gasteiger partial charge on any atom is 0.223 e. The molecule has 0 aliphatic carbocycles. The van der Waals surface area contributed by atoms with E-state index in [9.17, 15) is 4.79 Å². The maximum atomic E-state index is 12.2. The minimum atomic E-state index is -0.0766. The van der Waals surface area contributed by atoms with Crippen LogP contribution in [0.3, 0.4) is 0 Å². The Morgan fingerprint density at radius 1 is 1.48 bits per heavy atom. The van der Waals surface area contributed by atoms with Crippen LogP contribution in [0.4, 0.5) is 0 Å². The number of rotatable bonds is 6. The van der Waals surface area contributed by atoms with Gasteiger partial charge in [-0.05, 0) is 40.7 Å². The van der Waals surface area contributed by atoms with Crippen LogP contribution < -0.4 is 0 Å². The van der Waals surface area contributed by atoms with Gasteiger partial charge in [0.25, 0.3) is 0 Å². The molecule has 1 aromatic rings. The minimum Gasteiger partial charge on any atom is -0.338 e. The van der Waals surface area contributed by atoms with Crippen LogP contribution in [-0.2, 0) is 17.9 Å². The van der Waals surface area contributed by atoms with Gasteiger partial charge >= 0.3 is 0 Å². The van der Waals surface area contributed by atoms with E-state index in [0.29, 0.717) is 12.3 Å². The quantitative estimate of drug-likeness (QED) is 0.757. The van der Waals surface area contributed by atoms with Crippen molar-refractivity contribution in [3.05, 3.63) is 30.1 Å². The third-order valence-corrected chi connectivity index (χ3v) is 4.39. The fraction of sp³-hybridized carbons (Fsp3) is 0.667. The highest BCUT2D eigenvalue weighted by molar-refractivity contribution is 5.79. The lowest BCUT2D eigenvalue weighted by atomic mass is 10.1. The van der Waals surface area contributed by atoms with E-state index < -0.39 is 0 Å². The predicted octanol–water partition coefficient (Wildman–Crippen LogP) is 2.46. The molecular formula is C18H30N4O. The molecule has 23 heavy (non-hydrogen) atoms. The lowest BCUT2D eigenvalue weighted by Crippen LogP contribution is -2.42. The summed E-state index contributed by atoms with van der Waals surface area (Å²) >= 11 is 0. The van der Waals surface area contributed by atoms with Gasteiger partial charge in [-0.25, -0.2) is 0 Å². The summed E-state index contributed by atoms with van der Waals surface area (Å²) in [4.78, 5) is 16.5. The molecule has 1 aliphatic rings. The zero-order valence-electron chi connectivity index (χ0n) is 15.2. The molecule has 128 valence electrons. The fourth-order valence-electron chi connectivity index (χ4n) is 3.29. The van der Waals surface area contributed by atoms with E-state index in [0.717, 1.165) is 31.9 Å². The zero-order valence-corrected chi connectivity index (χ0v) is 15.2. The second kappa shape index (κ2) is 6.87. The first kappa shape index (κ1) is 17.7. The van der Waals surface area contributed by atoms with Gasteiger partial charge in [0.2, 0.25) is 5.91 Å². The summed E-state index contributed by atoms with van der Waals surface area (Å²) in [7, 11) is 2.12. The summed E-state index contributed by atoms with van der Waals surface area (Å²) in [5, 5.41) is 4.50. The highest BCUT2D eigenvalue weighted by atomic mass is 16.2. The molecule has 1 aromatic heterocycles. The molecule has 5 heteroatoms. The van der Waals surface area contributed by atoms with Crippen LogP contribution >= 0.6 is 0 Å².